The van der Waals surface area contributed by atoms with Gasteiger partial charge >= 0.3 is 0 Å². The molecule has 0 saturated heterocycles. The summed E-state index contributed by atoms with van der Waals surface area (Å²) in [5.41, 5.74) is 3.43. The fourth-order valence-corrected chi connectivity index (χ4v) is 1.97. The predicted molar refractivity (Wildman–Crippen MR) is 76.2 cm³/mol. The Morgan fingerprint density at radius 2 is 1.42 bits per heavy atom. The summed E-state index contributed by atoms with van der Waals surface area (Å²) in [5.74, 6) is 0. The molecule has 0 spiro atoms. The molecular formula is C16H13N3. The SMILES string of the molecule is C(=C(c1ccccc1)c1ccccc1)n1cncn1. The fraction of sp³-hybridized carbons (Fsp3) is 0. The van der Waals surface area contributed by atoms with Gasteiger partial charge < -0.3 is 0 Å². The maximum Gasteiger partial charge on any atom is 0.138 e. The molecule has 0 amide bonds. The van der Waals surface area contributed by atoms with E-state index in [1.54, 1.807) is 11.0 Å². The second-order valence-electron chi connectivity index (χ2n) is 4.15. The van der Waals surface area contributed by atoms with Crippen LogP contribution in [0.25, 0.3) is 11.8 Å². The molecule has 3 rings (SSSR count). The molecule has 3 aromatic rings. The van der Waals surface area contributed by atoms with E-state index in [9.17, 15) is 0 Å². The van der Waals surface area contributed by atoms with Crippen LogP contribution in [0, 0.1) is 0 Å². The second-order valence-corrected chi connectivity index (χ2v) is 4.15. The minimum Gasteiger partial charge on any atom is -0.228 e. The van der Waals surface area contributed by atoms with Gasteiger partial charge in [0.2, 0.25) is 0 Å². The lowest BCUT2D eigenvalue weighted by molar-refractivity contribution is 0.935. The van der Waals surface area contributed by atoms with Gasteiger partial charge in [-0.3, -0.25) is 0 Å². The third-order valence-electron chi connectivity index (χ3n) is 2.87. The van der Waals surface area contributed by atoms with E-state index in [4.69, 9.17) is 0 Å². The first-order valence-corrected chi connectivity index (χ1v) is 6.10. The Labute approximate surface area is 111 Å². The van der Waals surface area contributed by atoms with E-state index >= 15 is 0 Å². The van der Waals surface area contributed by atoms with Crippen molar-refractivity contribution in [1.29, 1.82) is 0 Å². The van der Waals surface area contributed by atoms with E-state index in [0.29, 0.717) is 0 Å². The van der Waals surface area contributed by atoms with Gasteiger partial charge in [-0.05, 0) is 11.1 Å². The summed E-state index contributed by atoms with van der Waals surface area (Å²) in [6, 6.07) is 20.5. The zero-order valence-electron chi connectivity index (χ0n) is 10.3. The molecule has 0 bridgehead atoms. The largest absolute Gasteiger partial charge is 0.228 e. The number of aromatic nitrogens is 3. The van der Waals surface area contributed by atoms with E-state index in [1.165, 1.54) is 6.33 Å². The van der Waals surface area contributed by atoms with Crippen LogP contribution in [-0.4, -0.2) is 14.8 Å². The van der Waals surface area contributed by atoms with Gasteiger partial charge in [0.05, 0.1) is 0 Å². The van der Waals surface area contributed by atoms with Crippen LogP contribution in [0.1, 0.15) is 11.1 Å². The molecule has 0 radical (unpaired) electrons. The van der Waals surface area contributed by atoms with Gasteiger partial charge in [-0.25, -0.2) is 9.67 Å². The summed E-state index contributed by atoms with van der Waals surface area (Å²) in [7, 11) is 0. The number of rotatable bonds is 3. The summed E-state index contributed by atoms with van der Waals surface area (Å²) >= 11 is 0. The van der Waals surface area contributed by atoms with E-state index in [2.05, 4.69) is 34.3 Å². The van der Waals surface area contributed by atoms with Crippen molar-refractivity contribution >= 4 is 11.8 Å². The van der Waals surface area contributed by atoms with Gasteiger partial charge in [0.1, 0.15) is 12.7 Å². The monoisotopic (exact) mass is 247 g/mol. The van der Waals surface area contributed by atoms with Crippen LogP contribution in [0.15, 0.2) is 73.3 Å². The van der Waals surface area contributed by atoms with Gasteiger partial charge in [0, 0.05) is 11.8 Å². The summed E-state index contributed by atoms with van der Waals surface area (Å²) in [6.07, 6.45) is 5.20. The highest BCUT2D eigenvalue weighted by atomic mass is 15.3. The molecule has 3 nitrogen and oxygen atoms in total. The first-order valence-electron chi connectivity index (χ1n) is 6.10. The molecule has 0 aliphatic rings. The van der Waals surface area contributed by atoms with Crippen LogP contribution < -0.4 is 0 Å². The van der Waals surface area contributed by atoms with Crippen molar-refractivity contribution in [1.82, 2.24) is 14.8 Å². The molecule has 1 heterocycles. The maximum absolute atomic E-state index is 4.14. The van der Waals surface area contributed by atoms with Crippen LogP contribution in [0.3, 0.4) is 0 Å². The molecule has 0 saturated carbocycles. The van der Waals surface area contributed by atoms with E-state index in [-0.39, 0.29) is 0 Å². The summed E-state index contributed by atoms with van der Waals surface area (Å²) < 4.78 is 1.72. The molecule has 3 heteroatoms. The highest BCUT2D eigenvalue weighted by molar-refractivity contribution is 5.87. The quantitative estimate of drug-likeness (QED) is 0.710. The van der Waals surface area contributed by atoms with Gasteiger partial charge in [-0.1, -0.05) is 60.7 Å². The standard InChI is InChI=1S/C16H13N3/c1-3-7-14(8-4-1)16(11-19-13-17-12-18-19)15-9-5-2-6-10-15/h1-13H. The first-order chi connectivity index (χ1) is 9.43. The smallest absolute Gasteiger partial charge is 0.138 e. The van der Waals surface area contributed by atoms with Crippen molar-refractivity contribution in [3.8, 4) is 0 Å². The third-order valence-corrected chi connectivity index (χ3v) is 2.87. The van der Waals surface area contributed by atoms with E-state index in [0.717, 1.165) is 16.7 Å². The van der Waals surface area contributed by atoms with Crippen LogP contribution in [0.4, 0.5) is 0 Å². The third kappa shape index (κ3) is 2.60. The normalized spacial score (nSPS) is 10.1. The zero-order chi connectivity index (χ0) is 12.9. The van der Waals surface area contributed by atoms with E-state index < -0.39 is 0 Å². The molecule has 2 aromatic carbocycles. The Kier molecular flexibility index (Phi) is 3.19. The predicted octanol–water partition coefficient (Wildman–Crippen LogP) is 3.32. The summed E-state index contributed by atoms with van der Waals surface area (Å²) in [4.78, 5) is 3.97. The summed E-state index contributed by atoms with van der Waals surface area (Å²) in [5, 5.41) is 4.14. The minimum absolute atomic E-state index is 1.12. The van der Waals surface area contributed by atoms with Crippen molar-refractivity contribution < 1.29 is 0 Å². The van der Waals surface area contributed by atoms with Gasteiger partial charge in [0.15, 0.2) is 0 Å². The molecule has 0 fully saturated rings. The highest BCUT2D eigenvalue weighted by Crippen LogP contribution is 2.23. The Hall–Kier alpha value is -2.68. The molecule has 0 aliphatic carbocycles. The molecule has 0 N–H and O–H groups in total. The Bertz CT molecular complexity index is 614. The number of nitrogens with zero attached hydrogens (tertiary/aromatic N) is 3. The van der Waals surface area contributed by atoms with E-state index in [1.807, 2.05) is 42.6 Å². The number of hydrogen-bond acceptors (Lipinski definition) is 2. The van der Waals surface area contributed by atoms with Crippen molar-refractivity contribution in [2.45, 2.75) is 0 Å². The van der Waals surface area contributed by atoms with Crippen LogP contribution >= 0.6 is 0 Å². The second kappa shape index (κ2) is 5.31. The van der Waals surface area contributed by atoms with Crippen LogP contribution in [0.2, 0.25) is 0 Å². The molecule has 19 heavy (non-hydrogen) atoms. The molecule has 0 atom stereocenters. The van der Waals surface area contributed by atoms with Gasteiger partial charge in [-0.2, -0.15) is 5.10 Å². The lowest BCUT2D eigenvalue weighted by Gasteiger charge is -2.08. The minimum atomic E-state index is 1.12. The maximum atomic E-state index is 4.14. The molecule has 1 aromatic heterocycles. The average molecular weight is 247 g/mol. The van der Waals surface area contributed by atoms with Gasteiger partial charge in [0.25, 0.3) is 0 Å². The number of benzene rings is 2. The number of hydrogen-bond donors (Lipinski definition) is 0. The first kappa shape index (κ1) is 11.4. The molecule has 92 valence electrons. The van der Waals surface area contributed by atoms with Crippen molar-refractivity contribution in [3.63, 3.8) is 0 Å². The molecule has 0 aliphatic heterocycles. The topological polar surface area (TPSA) is 30.7 Å². The average Bonchev–Trinajstić information content (AvgIpc) is 3.00. The Morgan fingerprint density at radius 3 is 1.89 bits per heavy atom. The summed E-state index contributed by atoms with van der Waals surface area (Å²) in [6.45, 7) is 0. The van der Waals surface area contributed by atoms with Crippen LogP contribution in [-0.2, 0) is 0 Å². The zero-order valence-corrected chi connectivity index (χ0v) is 10.3. The Morgan fingerprint density at radius 1 is 0.842 bits per heavy atom. The lowest BCUT2D eigenvalue weighted by atomic mass is 9.99. The highest BCUT2D eigenvalue weighted by Gasteiger charge is 2.04. The van der Waals surface area contributed by atoms with Gasteiger partial charge in [-0.15, -0.1) is 0 Å². The molecule has 0 unspecified atom stereocenters. The van der Waals surface area contributed by atoms with Crippen molar-refractivity contribution in [2.24, 2.45) is 0 Å². The lowest BCUT2D eigenvalue weighted by Crippen LogP contribution is -1.93. The fourth-order valence-electron chi connectivity index (χ4n) is 1.97. The van der Waals surface area contributed by atoms with Crippen LogP contribution in [0.5, 0.6) is 0 Å². The van der Waals surface area contributed by atoms with Crippen molar-refractivity contribution in [2.75, 3.05) is 0 Å². The van der Waals surface area contributed by atoms with Crippen molar-refractivity contribution in [3.05, 3.63) is 84.4 Å². The molecular weight excluding hydrogens is 234 g/mol. The Balaban J connectivity index is 2.12.